The van der Waals surface area contributed by atoms with Gasteiger partial charge in [-0.3, -0.25) is 4.79 Å². The normalized spacial score (nSPS) is 12.0. The molecule has 0 fully saturated rings. The summed E-state index contributed by atoms with van der Waals surface area (Å²) in [5.74, 6) is 1.17. The maximum atomic E-state index is 12.8. The van der Waals surface area contributed by atoms with Crippen molar-refractivity contribution in [3.63, 3.8) is 0 Å². The topological polar surface area (TPSA) is 121 Å². The monoisotopic (exact) mass is 429 g/mol. The molecule has 0 spiro atoms. The molecular weight excluding hydrogens is 414 g/mol. The first kappa shape index (κ1) is 20.5. The summed E-state index contributed by atoms with van der Waals surface area (Å²) in [7, 11) is -2.67. The van der Waals surface area contributed by atoms with Gasteiger partial charge in [0.15, 0.2) is 4.80 Å². The van der Waals surface area contributed by atoms with E-state index >= 15 is 0 Å². The van der Waals surface area contributed by atoms with Gasteiger partial charge >= 0.3 is 5.97 Å². The van der Waals surface area contributed by atoms with Crippen LogP contribution < -0.4 is 9.94 Å². The molecule has 2 N–H and O–H groups in total. The summed E-state index contributed by atoms with van der Waals surface area (Å²) in [4.78, 5) is 29.0. The first-order valence-corrected chi connectivity index (χ1v) is 10.5. The molecule has 3 aromatic rings. The van der Waals surface area contributed by atoms with Crippen molar-refractivity contribution >= 4 is 43.5 Å². The molecule has 1 amide bonds. The molecule has 3 rings (SSSR count). The van der Waals surface area contributed by atoms with Crippen molar-refractivity contribution in [3.8, 4) is 12.3 Å². The van der Waals surface area contributed by atoms with E-state index in [1.54, 1.807) is 22.8 Å². The Morgan fingerprint density at radius 2 is 1.93 bits per heavy atom. The van der Waals surface area contributed by atoms with Gasteiger partial charge in [-0.15, -0.1) is 6.42 Å². The van der Waals surface area contributed by atoms with Crippen LogP contribution in [0.4, 0.5) is 0 Å². The van der Waals surface area contributed by atoms with Crippen molar-refractivity contribution in [2.75, 3.05) is 7.11 Å². The van der Waals surface area contributed by atoms with E-state index in [0.29, 0.717) is 10.2 Å². The van der Waals surface area contributed by atoms with E-state index in [0.717, 1.165) is 11.3 Å². The number of esters is 1. The Morgan fingerprint density at radius 1 is 1.24 bits per heavy atom. The van der Waals surface area contributed by atoms with Crippen molar-refractivity contribution in [1.29, 1.82) is 0 Å². The van der Waals surface area contributed by atoms with Crippen LogP contribution >= 0.6 is 11.3 Å². The van der Waals surface area contributed by atoms with Gasteiger partial charge in [0.25, 0.3) is 5.91 Å². The van der Waals surface area contributed by atoms with E-state index in [1.807, 2.05) is 0 Å². The number of thiazole rings is 1. The number of methoxy groups -OCH3 is 1. The predicted octanol–water partition coefficient (Wildman–Crippen LogP) is 1.51. The quantitative estimate of drug-likeness (QED) is 0.498. The van der Waals surface area contributed by atoms with Crippen LogP contribution in [-0.4, -0.2) is 32.0 Å². The number of nitrogens with two attached hydrogens (primary N) is 1. The Hall–Kier alpha value is -3.26. The number of nitrogens with zero attached hydrogens (tertiary/aromatic N) is 2. The lowest BCUT2D eigenvalue weighted by atomic mass is 10.1. The fourth-order valence-electron chi connectivity index (χ4n) is 2.66. The molecule has 0 saturated heterocycles. The molecule has 0 aliphatic rings. The van der Waals surface area contributed by atoms with Crippen LogP contribution in [0.2, 0.25) is 0 Å². The Labute approximate surface area is 170 Å². The third kappa shape index (κ3) is 4.12. The van der Waals surface area contributed by atoms with Crippen LogP contribution in [0.15, 0.2) is 52.4 Å². The zero-order valence-corrected chi connectivity index (χ0v) is 16.8. The van der Waals surface area contributed by atoms with Crippen molar-refractivity contribution in [1.82, 2.24) is 4.57 Å². The van der Waals surface area contributed by atoms with Crippen LogP contribution in [-0.2, 0) is 21.3 Å². The van der Waals surface area contributed by atoms with Gasteiger partial charge in [-0.05, 0) is 30.3 Å². The molecule has 0 radical (unpaired) electrons. The lowest BCUT2D eigenvalue weighted by molar-refractivity contribution is 0.0597. The Bertz CT molecular complexity index is 1340. The minimum absolute atomic E-state index is 0.0620. The number of terminal acetylenes is 1. The second-order valence-corrected chi connectivity index (χ2v) is 8.37. The van der Waals surface area contributed by atoms with E-state index in [1.165, 1.54) is 31.4 Å². The SMILES string of the molecule is C#CCn1c(=NC(=O)c2ccccc2C(=O)OC)sc2cc(S(N)(=O)=O)ccc21. The van der Waals surface area contributed by atoms with Gasteiger partial charge in [0.05, 0.1) is 39.9 Å². The van der Waals surface area contributed by atoms with Crippen molar-refractivity contribution in [2.45, 2.75) is 11.4 Å². The number of fused-ring (bicyclic) bond motifs is 1. The van der Waals surface area contributed by atoms with E-state index in [2.05, 4.69) is 10.9 Å². The number of hydrogen-bond acceptors (Lipinski definition) is 6. The number of aromatic nitrogens is 1. The van der Waals surface area contributed by atoms with E-state index in [-0.39, 0.29) is 27.4 Å². The zero-order chi connectivity index (χ0) is 21.2. The highest BCUT2D eigenvalue weighted by molar-refractivity contribution is 7.89. The van der Waals surface area contributed by atoms with Gasteiger partial charge < -0.3 is 9.30 Å². The van der Waals surface area contributed by atoms with Gasteiger partial charge in [-0.1, -0.05) is 29.4 Å². The number of sulfonamides is 1. The van der Waals surface area contributed by atoms with Crippen molar-refractivity contribution < 1.29 is 22.7 Å². The highest BCUT2D eigenvalue weighted by Crippen LogP contribution is 2.21. The molecule has 1 heterocycles. The Balaban J connectivity index is 2.20. The molecule has 0 unspecified atom stereocenters. The number of carbonyl (C=O) groups is 2. The van der Waals surface area contributed by atoms with Crippen molar-refractivity contribution in [2.24, 2.45) is 10.1 Å². The van der Waals surface area contributed by atoms with Crippen LogP contribution in [0, 0.1) is 12.3 Å². The number of amides is 1. The molecule has 29 heavy (non-hydrogen) atoms. The lowest BCUT2D eigenvalue weighted by Gasteiger charge is -2.04. The fourth-order valence-corrected chi connectivity index (χ4v) is 4.35. The lowest BCUT2D eigenvalue weighted by Crippen LogP contribution is -2.18. The summed E-state index contributed by atoms with van der Waals surface area (Å²) in [6, 6.07) is 10.5. The number of rotatable bonds is 4. The van der Waals surface area contributed by atoms with Gasteiger partial charge in [0.1, 0.15) is 0 Å². The molecule has 1 aromatic heterocycles. The van der Waals surface area contributed by atoms with Crippen LogP contribution in [0.25, 0.3) is 10.2 Å². The second-order valence-electron chi connectivity index (χ2n) is 5.80. The van der Waals surface area contributed by atoms with Crippen molar-refractivity contribution in [3.05, 3.63) is 58.4 Å². The number of primary sulfonamides is 1. The van der Waals surface area contributed by atoms with Gasteiger partial charge in [0.2, 0.25) is 10.0 Å². The third-order valence-corrected chi connectivity index (χ3v) is 5.94. The summed E-state index contributed by atoms with van der Waals surface area (Å²) in [6.45, 7) is 0.111. The minimum Gasteiger partial charge on any atom is -0.465 e. The molecular formula is C19H15N3O5S2. The fraction of sp³-hybridized carbons (Fsp3) is 0.105. The predicted molar refractivity (Wildman–Crippen MR) is 108 cm³/mol. The molecule has 2 aromatic carbocycles. The molecule has 8 nitrogen and oxygen atoms in total. The van der Waals surface area contributed by atoms with Gasteiger partial charge in [-0.2, -0.15) is 4.99 Å². The Morgan fingerprint density at radius 3 is 2.55 bits per heavy atom. The average Bonchev–Trinajstić information content (AvgIpc) is 3.03. The van der Waals surface area contributed by atoms with E-state index < -0.39 is 21.9 Å². The molecule has 0 aliphatic heterocycles. The third-order valence-electron chi connectivity index (χ3n) is 3.99. The molecule has 0 aliphatic carbocycles. The first-order valence-electron chi connectivity index (χ1n) is 8.12. The molecule has 0 atom stereocenters. The summed E-state index contributed by atoms with van der Waals surface area (Å²) in [6.07, 6.45) is 5.43. The largest absolute Gasteiger partial charge is 0.465 e. The molecule has 148 valence electrons. The highest BCUT2D eigenvalue weighted by atomic mass is 32.2. The standard InChI is InChI=1S/C19H15N3O5S2/c1-3-10-22-15-9-8-12(29(20,25)26)11-16(15)28-19(22)21-17(23)13-6-4-5-7-14(13)18(24)27-2/h1,4-9,11H,10H2,2H3,(H2,20,25,26). The van der Waals surface area contributed by atoms with E-state index in [4.69, 9.17) is 16.3 Å². The zero-order valence-electron chi connectivity index (χ0n) is 15.2. The first-order chi connectivity index (χ1) is 13.8. The molecule has 0 saturated carbocycles. The average molecular weight is 429 g/mol. The second kappa shape index (κ2) is 8.00. The highest BCUT2D eigenvalue weighted by Gasteiger charge is 2.18. The van der Waals surface area contributed by atoms with Crippen LogP contribution in [0.3, 0.4) is 0 Å². The maximum absolute atomic E-state index is 12.8. The summed E-state index contributed by atoms with van der Waals surface area (Å²) >= 11 is 1.08. The summed E-state index contributed by atoms with van der Waals surface area (Å²) in [5.41, 5.74) is 0.771. The van der Waals surface area contributed by atoms with Gasteiger partial charge in [-0.25, -0.2) is 18.4 Å². The number of ether oxygens (including phenoxy) is 1. The minimum atomic E-state index is -3.89. The van der Waals surface area contributed by atoms with Gasteiger partial charge in [0, 0.05) is 0 Å². The van der Waals surface area contributed by atoms with E-state index in [9.17, 15) is 18.0 Å². The number of benzene rings is 2. The Kier molecular flexibility index (Phi) is 5.65. The smallest absolute Gasteiger partial charge is 0.338 e. The number of hydrogen-bond donors (Lipinski definition) is 1. The summed E-state index contributed by atoms with van der Waals surface area (Å²) in [5, 5.41) is 5.18. The van der Waals surface area contributed by atoms with Crippen LogP contribution in [0.5, 0.6) is 0 Å². The number of carbonyl (C=O) groups excluding carboxylic acids is 2. The summed E-state index contributed by atoms with van der Waals surface area (Å²) < 4.78 is 30.1. The van der Waals surface area contributed by atoms with Crippen LogP contribution in [0.1, 0.15) is 20.7 Å². The molecule has 10 heteroatoms. The molecule has 0 bridgehead atoms. The maximum Gasteiger partial charge on any atom is 0.338 e.